The van der Waals surface area contributed by atoms with Crippen molar-refractivity contribution in [2.75, 3.05) is 17.2 Å². The zero-order chi connectivity index (χ0) is 20.5. The van der Waals surface area contributed by atoms with Gasteiger partial charge in [-0.25, -0.2) is 9.97 Å². The highest BCUT2D eigenvalue weighted by Gasteiger charge is 2.08. The van der Waals surface area contributed by atoms with Crippen molar-refractivity contribution in [2.45, 2.75) is 19.8 Å². The van der Waals surface area contributed by atoms with E-state index in [0.717, 1.165) is 18.5 Å². The van der Waals surface area contributed by atoms with E-state index in [1.807, 2.05) is 30.3 Å². The van der Waals surface area contributed by atoms with Crippen molar-refractivity contribution in [3.63, 3.8) is 0 Å². The molecule has 7 heteroatoms. The van der Waals surface area contributed by atoms with Crippen molar-refractivity contribution in [2.24, 2.45) is 0 Å². The molecular formula is C22H23N5O2. The fourth-order valence-electron chi connectivity index (χ4n) is 2.77. The third-order valence-corrected chi connectivity index (χ3v) is 4.11. The predicted octanol–water partition coefficient (Wildman–Crippen LogP) is 3.54. The highest BCUT2D eigenvalue weighted by Crippen LogP contribution is 2.18. The Morgan fingerprint density at radius 3 is 2.45 bits per heavy atom. The van der Waals surface area contributed by atoms with Gasteiger partial charge in [0.2, 0.25) is 5.91 Å². The first-order valence-corrected chi connectivity index (χ1v) is 9.39. The number of nitrogens with one attached hydrogen (secondary N) is 3. The third kappa shape index (κ3) is 6.42. The summed E-state index contributed by atoms with van der Waals surface area (Å²) in [7, 11) is 0. The molecule has 1 heterocycles. The van der Waals surface area contributed by atoms with E-state index in [-0.39, 0.29) is 17.5 Å². The first-order valence-electron chi connectivity index (χ1n) is 9.39. The molecule has 3 N–H and O–H groups in total. The van der Waals surface area contributed by atoms with E-state index in [0.29, 0.717) is 18.1 Å². The van der Waals surface area contributed by atoms with Crippen molar-refractivity contribution in [3.8, 4) is 0 Å². The van der Waals surface area contributed by atoms with Crippen LogP contribution < -0.4 is 16.0 Å². The molecule has 0 saturated carbocycles. The zero-order valence-electron chi connectivity index (χ0n) is 16.2. The molecule has 3 aromatic rings. The van der Waals surface area contributed by atoms with Crippen LogP contribution in [0.15, 0.2) is 67.0 Å². The number of rotatable bonds is 8. The number of nitrogens with zero attached hydrogens (tertiary/aromatic N) is 2. The van der Waals surface area contributed by atoms with Crippen LogP contribution in [-0.4, -0.2) is 28.3 Å². The van der Waals surface area contributed by atoms with Gasteiger partial charge in [0, 0.05) is 24.8 Å². The molecule has 0 aliphatic heterocycles. The second-order valence-corrected chi connectivity index (χ2v) is 6.52. The number of amides is 2. The lowest BCUT2D eigenvalue weighted by Gasteiger charge is -2.09. The minimum atomic E-state index is -0.246. The van der Waals surface area contributed by atoms with Crippen molar-refractivity contribution < 1.29 is 9.59 Å². The molecule has 2 aromatic carbocycles. The Hall–Kier alpha value is -3.74. The summed E-state index contributed by atoms with van der Waals surface area (Å²) in [4.78, 5) is 31.8. The van der Waals surface area contributed by atoms with Gasteiger partial charge in [0.05, 0.1) is 12.4 Å². The second-order valence-electron chi connectivity index (χ2n) is 6.52. The molecule has 0 aliphatic rings. The van der Waals surface area contributed by atoms with Crippen LogP contribution in [0, 0.1) is 0 Å². The number of carbonyl (C=O) groups is 2. The molecular weight excluding hydrogens is 366 g/mol. The number of carbonyl (C=O) groups excluding carboxylic acids is 2. The molecule has 29 heavy (non-hydrogen) atoms. The average molecular weight is 389 g/mol. The fourth-order valence-corrected chi connectivity index (χ4v) is 2.77. The number of aromatic nitrogens is 2. The van der Waals surface area contributed by atoms with Crippen molar-refractivity contribution >= 4 is 29.0 Å². The van der Waals surface area contributed by atoms with Gasteiger partial charge in [-0.2, -0.15) is 0 Å². The Balaban J connectivity index is 1.49. The van der Waals surface area contributed by atoms with Crippen molar-refractivity contribution in [1.82, 2.24) is 15.3 Å². The minimum absolute atomic E-state index is 0.138. The lowest BCUT2D eigenvalue weighted by Crippen LogP contribution is -2.25. The molecule has 3 rings (SSSR count). The van der Waals surface area contributed by atoms with E-state index in [4.69, 9.17) is 0 Å². The lowest BCUT2D eigenvalue weighted by atomic mass is 10.1. The molecule has 0 saturated heterocycles. The van der Waals surface area contributed by atoms with E-state index in [9.17, 15) is 9.59 Å². The standard InChI is InChI=1S/C22H23N5O2/c1-16(28)26-18-10-5-11-19(13-18)27-21-15-24-20(14-25-21)22(29)23-12-6-9-17-7-3-2-4-8-17/h2-5,7-8,10-11,13-15H,6,9,12H2,1H3,(H,23,29)(H,25,27)(H,26,28). The Labute approximate surface area is 169 Å². The molecule has 0 bridgehead atoms. The summed E-state index contributed by atoms with van der Waals surface area (Å²) in [6.45, 7) is 2.03. The number of benzene rings is 2. The van der Waals surface area contributed by atoms with E-state index in [1.54, 1.807) is 12.1 Å². The topological polar surface area (TPSA) is 96.0 Å². The summed E-state index contributed by atoms with van der Waals surface area (Å²) in [5, 5.41) is 8.68. The van der Waals surface area contributed by atoms with Gasteiger partial charge in [0.15, 0.2) is 0 Å². The van der Waals surface area contributed by atoms with E-state index in [1.165, 1.54) is 24.9 Å². The molecule has 0 aliphatic carbocycles. The molecule has 0 unspecified atom stereocenters. The van der Waals surface area contributed by atoms with Gasteiger partial charge >= 0.3 is 0 Å². The maximum absolute atomic E-state index is 12.2. The van der Waals surface area contributed by atoms with Crippen LogP contribution >= 0.6 is 0 Å². The molecule has 7 nitrogen and oxygen atoms in total. The number of hydrogen-bond donors (Lipinski definition) is 3. The summed E-state index contributed by atoms with van der Waals surface area (Å²) in [6.07, 6.45) is 4.71. The quantitative estimate of drug-likeness (QED) is 0.512. The van der Waals surface area contributed by atoms with Gasteiger partial charge in [-0.05, 0) is 36.6 Å². The van der Waals surface area contributed by atoms with Gasteiger partial charge < -0.3 is 16.0 Å². The summed E-state index contributed by atoms with van der Waals surface area (Å²) in [6, 6.07) is 17.4. The molecule has 0 fully saturated rings. The van der Waals surface area contributed by atoms with Crippen LogP contribution in [0.2, 0.25) is 0 Å². The van der Waals surface area contributed by atoms with Crippen LogP contribution in [-0.2, 0) is 11.2 Å². The maximum Gasteiger partial charge on any atom is 0.271 e. The van der Waals surface area contributed by atoms with Crippen molar-refractivity contribution in [1.29, 1.82) is 0 Å². The zero-order valence-corrected chi connectivity index (χ0v) is 16.2. The Kier molecular flexibility index (Phi) is 6.89. The van der Waals surface area contributed by atoms with Crippen LogP contribution in [0.3, 0.4) is 0 Å². The second kappa shape index (κ2) is 9.98. The Morgan fingerprint density at radius 1 is 0.931 bits per heavy atom. The predicted molar refractivity (Wildman–Crippen MR) is 113 cm³/mol. The van der Waals surface area contributed by atoms with Gasteiger partial charge in [0.25, 0.3) is 5.91 Å². The summed E-state index contributed by atoms with van der Waals surface area (Å²) in [5.74, 6) is 0.122. The molecule has 1 aromatic heterocycles. The van der Waals surface area contributed by atoms with Crippen molar-refractivity contribution in [3.05, 3.63) is 78.2 Å². The first kappa shape index (κ1) is 20.0. The smallest absolute Gasteiger partial charge is 0.271 e. The average Bonchev–Trinajstić information content (AvgIpc) is 2.72. The van der Waals surface area contributed by atoms with Crippen LogP contribution in [0.1, 0.15) is 29.4 Å². The van der Waals surface area contributed by atoms with E-state index < -0.39 is 0 Å². The Bertz CT molecular complexity index is 958. The lowest BCUT2D eigenvalue weighted by molar-refractivity contribution is -0.114. The fraction of sp³-hybridized carbons (Fsp3) is 0.182. The van der Waals surface area contributed by atoms with E-state index >= 15 is 0 Å². The summed E-state index contributed by atoms with van der Waals surface area (Å²) >= 11 is 0. The summed E-state index contributed by atoms with van der Waals surface area (Å²) in [5.41, 5.74) is 2.95. The van der Waals surface area contributed by atoms with Gasteiger partial charge in [-0.3, -0.25) is 9.59 Å². The largest absolute Gasteiger partial charge is 0.351 e. The van der Waals surface area contributed by atoms with Gasteiger partial charge in [-0.1, -0.05) is 36.4 Å². The van der Waals surface area contributed by atoms with Crippen LogP contribution in [0.25, 0.3) is 0 Å². The number of anilines is 3. The monoisotopic (exact) mass is 389 g/mol. The molecule has 0 atom stereocenters. The molecule has 0 spiro atoms. The molecule has 2 amide bonds. The van der Waals surface area contributed by atoms with Crippen LogP contribution in [0.4, 0.5) is 17.2 Å². The Morgan fingerprint density at radius 2 is 1.72 bits per heavy atom. The van der Waals surface area contributed by atoms with Gasteiger partial charge in [-0.15, -0.1) is 0 Å². The molecule has 0 radical (unpaired) electrons. The van der Waals surface area contributed by atoms with Gasteiger partial charge in [0.1, 0.15) is 11.5 Å². The SMILES string of the molecule is CC(=O)Nc1cccc(Nc2cnc(C(=O)NCCCc3ccccc3)cn2)c1. The van der Waals surface area contributed by atoms with Crippen LogP contribution in [0.5, 0.6) is 0 Å². The number of hydrogen-bond acceptors (Lipinski definition) is 5. The summed E-state index contributed by atoms with van der Waals surface area (Å²) < 4.78 is 0. The normalized spacial score (nSPS) is 10.2. The van der Waals surface area contributed by atoms with E-state index in [2.05, 4.69) is 38.1 Å². The first-order chi connectivity index (χ1) is 14.1. The molecule has 148 valence electrons. The maximum atomic E-state index is 12.2. The third-order valence-electron chi connectivity index (χ3n) is 4.11. The number of aryl methyl sites for hydroxylation is 1. The highest BCUT2D eigenvalue weighted by atomic mass is 16.2. The minimum Gasteiger partial charge on any atom is -0.351 e. The highest BCUT2D eigenvalue weighted by molar-refractivity contribution is 5.92.